The third-order valence-electron chi connectivity index (χ3n) is 17.5. The summed E-state index contributed by atoms with van der Waals surface area (Å²) in [6, 6.07) is 25.7. The van der Waals surface area contributed by atoms with Crippen LogP contribution in [0.2, 0.25) is 5.02 Å². The second-order valence-corrected chi connectivity index (χ2v) is 23.3. The fraction of sp³-hybridized carbons (Fsp3) is 0.452. The lowest BCUT2D eigenvalue weighted by Gasteiger charge is -2.43. The molecule has 5 aliphatic rings. The smallest absolute Gasteiger partial charge is 0.318 e. The van der Waals surface area contributed by atoms with Gasteiger partial charge in [-0.05, 0) is 117 Å². The SMILES string of the molecule is C=CC(=O)N1CCN(c2nc(OCCN3CCC(N4CCN(C(=O)C5CCN(Cc6ccc(-n7c(C(N)=O)nnc7-c7cc(C(C)C)c(O)cc7O)cc6)CC5)CC4)CC3)nc3c2CCN(c2cccc4cccc(Cl)c24)C3)CC1CC#N. The Morgan fingerprint density at radius 2 is 1.59 bits per heavy atom. The Kier molecular flexibility index (Phi) is 17.1. The lowest BCUT2D eigenvalue weighted by Crippen LogP contribution is -2.55. The van der Waals surface area contributed by atoms with Gasteiger partial charge in [0.05, 0.1) is 41.4 Å². The number of piperidine rings is 2. The first-order valence-electron chi connectivity index (χ1n) is 29.1. The first-order chi connectivity index (χ1) is 40.2. The molecule has 5 aliphatic heterocycles. The van der Waals surface area contributed by atoms with Crippen molar-refractivity contribution in [3.63, 3.8) is 0 Å². The zero-order valence-electron chi connectivity index (χ0n) is 47.4. The van der Waals surface area contributed by atoms with Gasteiger partial charge in [-0.15, -0.1) is 10.2 Å². The minimum absolute atomic E-state index is 0.00651. The van der Waals surface area contributed by atoms with Crippen LogP contribution in [0.25, 0.3) is 27.8 Å². The Morgan fingerprint density at radius 3 is 2.30 bits per heavy atom. The van der Waals surface area contributed by atoms with E-state index < -0.39 is 5.91 Å². The zero-order chi connectivity index (χ0) is 57.9. The van der Waals surface area contributed by atoms with Crippen molar-refractivity contribution in [1.82, 2.24) is 49.2 Å². The molecule has 6 aromatic rings. The van der Waals surface area contributed by atoms with Crippen LogP contribution in [0, 0.1) is 17.2 Å². The van der Waals surface area contributed by atoms with Crippen molar-refractivity contribution in [3.05, 3.63) is 119 Å². The number of aromatic hydroxyl groups is 2. The number of carbonyl (C=O) groups excluding carboxylic acids is 3. The molecule has 0 spiro atoms. The molecule has 1 unspecified atom stereocenters. The van der Waals surface area contributed by atoms with Gasteiger partial charge in [-0.1, -0.05) is 68.4 Å². The van der Waals surface area contributed by atoms with Crippen LogP contribution in [-0.2, 0) is 29.1 Å². The summed E-state index contributed by atoms with van der Waals surface area (Å²) in [4.78, 5) is 65.1. The molecule has 11 rings (SSSR count). The molecule has 4 saturated heterocycles. The van der Waals surface area contributed by atoms with Gasteiger partial charge >= 0.3 is 6.01 Å². The van der Waals surface area contributed by atoms with Gasteiger partial charge in [0.1, 0.15) is 23.9 Å². The van der Waals surface area contributed by atoms with Crippen LogP contribution in [0.5, 0.6) is 17.5 Å². The summed E-state index contributed by atoms with van der Waals surface area (Å²) in [7, 11) is 0. The maximum Gasteiger partial charge on any atom is 0.318 e. The van der Waals surface area contributed by atoms with Crippen molar-refractivity contribution >= 4 is 51.6 Å². The molecule has 2 aromatic heterocycles. The number of nitrogens with zero attached hydrogens (tertiary/aromatic N) is 13. The number of benzene rings is 4. The molecule has 4 N–H and O–H groups in total. The van der Waals surface area contributed by atoms with Crippen LogP contribution in [0.3, 0.4) is 0 Å². The quantitative estimate of drug-likeness (QED) is 0.0852. The van der Waals surface area contributed by atoms with Crippen molar-refractivity contribution in [2.24, 2.45) is 11.7 Å². The highest BCUT2D eigenvalue weighted by atomic mass is 35.5. The second kappa shape index (κ2) is 24.9. The molecular formula is C62H73ClN14O6. The minimum Gasteiger partial charge on any atom is -0.508 e. The number of fused-ring (bicyclic) bond motifs is 2. The predicted molar refractivity (Wildman–Crippen MR) is 318 cm³/mol. The minimum atomic E-state index is -0.764. The largest absolute Gasteiger partial charge is 0.508 e. The number of phenols is 2. The van der Waals surface area contributed by atoms with E-state index >= 15 is 0 Å². The van der Waals surface area contributed by atoms with E-state index in [9.17, 15) is 29.9 Å². The molecule has 0 saturated carbocycles. The van der Waals surface area contributed by atoms with Crippen molar-refractivity contribution < 1.29 is 29.3 Å². The molecule has 4 aromatic carbocycles. The maximum atomic E-state index is 13.9. The summed E-state index contributed by atoms with van der Waals surface area (Å²) < 4.78 is 7.99. The predicted octanol–water partition coefficient (Wildman–Crippen LogP) is 6.74. The average Bonchev–Trinajstić information content (AvgIpc) is 3.61. The Morgan fingerprint density at radius 1 is 0.855 bits per heavy atom. The highest BCUT2D eigenvalue weighted by Crippen LogP contribution is 2.40. The monoisotopic (exact) mass is 1140 g/mol. The molecular weight excluding hydrogens is 1070 g/mol. The van der Waals surface area contributed by atoms with E-state index in [0.717, 1.165) is 130 Å². The topological polar surface area (TPSA) is 230 Å². The molecule has 434 valence electrons. The van der Waals surface area contributed by atoms with Crippen molar-refractivity contribution in [2.75, 3.05) is 101 Å². The van der Waals surface area contributed by atoms with Crippen LogP contribution in [0.1, 0.15) is 84.9 Å². The third-order valence-corrected chi connectivity index (χ3v) is 17.8. The molecule has 3 amide bonds. The number of amides is 3. The van der Waals surface area contributed by atoms with E-state index in [-0.39, 0.29) is 59.3 Å². The number of nitrogens with two attached hydrogens (primary N) is 1. The van der Waals surface area contributed by atoms with Crippen LogP contribution in [-0.4, -0.2) is 181 Å². The number of nitriles is 1. The van der Waals surface area contributed by atoms with Crippen molar-refractivity contribution in [3.8, 4) is 40.7 Å². The number of aromatic nitrogens is 5. The average molecular weight is 1150 g/mol. The highest BCUT2D eigenvalue weighted by molar-refractivity contribution is 6.36. The number of carbonyl (C=O) groups is 3. The number of anilines is 2. The van der Waals surface area contributed by atoms with Gasteiger partial charge in [0.15, 0.2) is 5.82 Å². The maximum absolute atomic E-state index is 13.9. The Hall–Kier alpha value is -7.83. The van der Waals surface area contributed by atoms with Gasteiger partial charge < -0.3 is 40.3 Å². The van der Waals surface area contributed by atoms with Crippen LogP contribution in [0.4, 0.5) is 11.5 Å². The first-order valence-corrected chi connectivity index (χ1v) is 29.5. The molecule has 83 heavy (non-hydrogen) atoms. The van der Waals surface area contributed by atoms with E-state index in [1.807, 2.05) is 50.2 Å². The van der Waals surface area contributed by atoms with Gasteiger partial charge in [-0.2, -0.15) is 15.2 Å². The Balaban J connectivity index is 0.652. The standard InChI is InChI=1S/C62H73ClN14O6/c1-4-55(80)76-32-31-75(38-46(76)15-21-64)58-47-20-26-74(52-10-6-8-42-7-5-9-50(63)56(42)52)39-51(47)66-62(67-58)83-34-33-70-24-18-44(19-25-70)72-27-29-73(30-28-72)61(82)43-16-22-71(23-17-43)37-41-11-13-45(14-12-41)77-59(68-69-60(77)57(65)81)49-35-48(40(2)3)53(78)36-54(49)79/h4-14,35-36,40,43-44,46,78-79H,1,15-20,22-34,37-39H2,2-3H3,(H2,65,81). The molecule has 21 heteroatoms. The number of rotatable bonds is 16. The van der Waals surface area contributed by atoms with Gasteiger partial charge in [-0.3, -0.25) is 33.7 Å². The Bertz CT molecular complexity index is 3410. The number of hydrogen-bond acceptors (Lipinski definition) is 16. The Labute approximate surface area is 489 Å². The van der Waals surface area contributed by atoms with Crippen LogP contribution >= 0.6 is 11.6 Å². The number of piperazine rings is 2. The third kappa shape index (κ3) is 12.2. The summed E-state index contributed by atoms with van der Waals surface area (Å²) in [6.07, 6.45) is 5.94. The normalized spacial score (nSPS) is 18.8. The van der Waals surface area contributed by atoms with E-state index in [1.54, 1.807) is 11.0 Å². The van der Waals surface area contributed by atoms with E-state index in [0.29, 0.717) is 79.6 Å². The number of hydrogen-bond donors (Lipinski definition) is 3. The number of primary amides is 1. The lowest BCUT2D eigenvalue weighted by atomic mass is 9.94. The number of ether oxygens (including phenoxy) is 1. The molecule has 0 bridgehead atoms. The molecule has 0 aliphatic carbocycles. The fourth-order valence-electron chi connectivity index (χ4n) is 13.0. The van der Waals surface area contributed by atoms with E-state index in [2.05, 4.69) is 76.5 Å². The number of phenolic OH excluding ortho intramolecular Hbond substituents is 2. The number of halogens is 1. The summed E-state index contributed by atoms with van der Waals surface area (Å²) in [6.45, 7) is 19.0. The van der Waals surface area contributed by atoms with Gasteiger partial charge in [0.25, 0.3) is 5.91 Å². The molecule has 7 heterocycles. The summed E-state index contributed by atoms with van der Waals surface area (Å²) in [5.41, 5.74) is 11.4. The van der Waals surface area contributed by atoms with Crippen molar-refractivity contribution in [2.45, 2.75) is 83.5 Å². The molecule has 1 atom stereocenters. The summed E-state index contributed by atoms with van der Waals surface area (Å²) in [5, 5.41) is 42.1. The van der Waals surface area contributed by atoms with Crippen LogP contribution < -0.4 is 20.3 Å². The fourth-order valence-corrected chi connectivity index (χ4v) is 13.3. The van der Waals surface area contributed by atoms with Crippen molar-refractivity contribution in [1.29, 1.82) is 5.26 Å². The second-order valence-electron chi connectivity index (χ2n) is 22.9. The summed E-state index contributed by atoms with van der Waals surface area (Å²) in [5.74, 6) is 0.0390. The van der Waals surface area contributed by atoms with Gasteiger partial charge in [0.2, 0.25) is 17.6 Å². The molecule has 20 nitrogen and oxygen atoms in total. The highest BCUT2D eigenvalue weighted by Gasteiger charge is 2.36. The van der Waals surface area contributed by atoms with Gasteiger partial charge in [-0.25, -0.2) is 0 Å². The molecule has 0 radical (unpaired) electrons. The van der Waals surface area contributed by atoms with E-state index in [1.165, 1.54) is 16.7 Å². The first kappa shape index (κ1) is 57.0. The lowest BCUT2D eigenvalue weighted by molar-refractivity contribution is -0.139. The summed E-state index contributed by atoms with van der Waals surface area (Å²) >= 11 is 6.81. The van der Waals surface area contributed by atoms with Gasteiger partial charge in [0, 0.05) is 106 Å². The van der Waals surface area contributed by atoms with E-state index in [4.69, 9.17) is 32.0 Å². The molecule has 4 fully saturated rings. The zero-order valence-corrected chi connectivity index (χ0v) is 48.1. The van der Waals surface area contributed by atoms with Crippen LogP contribution in [0.15, 0.2) is 85.5 Å². The number of likely N-dealkylation sites (tertiary alicyclic amines) is 2.